The lowest BCUT2D eigenvalue weighted by Gasteiger charge is -2.24. The lowest BCUT2D eigenvalue weighted by atomic mass is 10.1. The SMILES string of the molecule is CC/C=C\C/C=C\C/C=C\C/C=C\C/C=C\C/C=C\C/C=C\C/C=C\CCCCCCCCC(=O)OC(COC(=O)CCCC/C=C\C/C=C\C/C=C\C/C=C\C/C=C\C/C=C\C/C=C\C/C=C\CC)COP(=O)(O)OCC[N+](C)(C)C. The monoisotopic (exact) mass is 1150 g/mol. The van der Waals surface area contributed by atoms with Crippen LogP contribution in [0.4, 0.5) is 0 Å². The van der Waals surface area contributed by atoms with E-state index in [9.17, 15) is 19.0 Å². The Morgan fingerprint density at radius 2 is 0.659 bits per heavy atom. The number of carbonyl (C=O) groups excluding carboxylic acids is 2. The Labute approximate surface area is 501 Å². The summed E-state index contributed by atoms with van der Waals surface area (Å²) in [6.07, 6.45) is 95.1. The van der Waals surface area contributed by atoms with E-state index in [4.69, 9.17) is 18.5 Å². The van der Waals surface area contributed by atoms with Gasteiger partial charge in [0.15, 0.2) is 6.10 Å². The van der Waals surface area contributed by atoms with Gasteiger partial charge in [-0.2, -0.15) is 0 Å². The normalized spacial score (nSPS) is 14.6. The number of phosphoric ester groups is 1. The third-order valence-corrected chi connectivity index (χ3v) is 13.1. The number of hydrogen-bond acceptors (Lipinski definition) is 7. The Balaban J connectivity index is 4.33. The third-order valence-electron chi connectivity index (χ3n) is 12.1. The molecule has 0 aromatic heterocycles. The van der Waals surface area contributed by atoms with Gasteiger partial charge >= 0.3 is 19.8 Å². The summed E-state index contributed by atoms with van der Waals surface area (Å²) in [6.45, 7) is 4.10. The fourth-order valence-corrected chi connectivity index (χ4v) is 8.14. The van der Waals surface area contributed by atoms with Crippen molar-refractivity contribution in [2.45, 2.75) is 200 Å². The van der Waals surface area contributed by atoms with Gasteiger partial charge in [0.1, 0.15) is 19.8 Å². The van der Waals surface area contributed by atoms with Crippen LogP contribution in [0.2, 0.25) is 0 Å². The highest BCUT2D eigenvalue weighted by molar-refractivity contribution is 7.47. The zero-order chi connectivity index (χ0) is 59.8. The van der Waals surface area contributed by atoms with Crippen molar-refractivity contribution in [3.8, 4) is 0 Å². The number of likely N-dealkylation sites (N-methyl/N-ethyl adjacent to an activating group) is 1. The summed E-state index contributed by atoms with van der Waals surface area (Å²) >= 11 is 0. The van der Waals surface area contributed by atoms with Crippen LogP contribution in [0, 0.1) is 0 Å². The van der Waals surface area contributed by atoms with Gasteiger partial charge in [-0.15, -0.1) is 0 Å². The number of quaternary nitrogens is 1. The molecule has 0 rings (SSSR count). The maximum atomic E-state index is 12.8. The molecule has 2 atom stereocenters. The number of allylic oxidation sites excluding steroid dienone is 32. The highest BCUT2D eigenvalue weighted by Crippen LogP contribution is 2.43. The molecule has 2 unspecified atom stereocenters. The number of nitrogens with zero attached hydrogens (tertiary/aromatic N) is 1. The number of hydrogen-bond donors (Lipinski definition) is 1. The van der Waals surface area contributed by atoms with Gasteiger partial charge < -0.3 is 18.9 Å². The van der Waals surface area contributed by atoms with Gasteiger partial charge in [-0.1, -0.05) is 234 Å². The van der Waals surface area contributed by atoms with Gasteiger partial charge in [0.25, 0.3) is 0 Å². The Bertz CT molecular complexity index is 2080. The van der Waals surface area contributed by atoms with Gasteiger partial charge in [0, 0.05) is 12.8 Å². The fourth-order valence-electron chi connectivity index (χ4n) is 7.40. The molecule has 0 saturated heterocycles. The average Bonchev–Trinajstić information content (AvgIpc) is 3.46. The van der Waals surface area contributed by atoms with E-state index in [-0.39, 0.29) is 26.1 Å². The van der Waals surface area contributed by atoms with E-state index in [0.717, 1.165) is 154 Å². The smallest absolute Gasteiger partial charge is 0.462 e. The zero-order valence-electron chi connectivity index (χ0n) is 51.9. The topological polar surface area (TPSA) is 108 Å². The minimum absolute atomic E-state index is 0.00874. The summed E-state index contributed by atoms with van der Waals surface area (Å²) in [5.41, 5.74) is 0. The molecule has 0 saturated carbocycles. The van der Waals surface area contributed by atoms with Crippen LogP contribution < -0.4 is 0 Å². The van der Waals surface area contributed by atoms with Crippen molar-refractivity contribution in [1.82, 2.24) is 0 Å². The molecule has 0 aliphatic carbocycles. The molecule has 0 spiro atoms. The van der Waals surface area contributed by atoms with Crippen LogP contribution in [0.5, 0.6) is 0 Å². The van der Waals surface area contributed by atoms with Gasteiger partial charge in [0.05, 0.1) is 27.7 Å². The second-order valence-electron chi connectivity index (χ2n) is 21.0. The first-order chi connectivity index (χ1) is 40.0. The van der Waals surface area contributed by atoms with E-state index >= 15 is 0 Å². The highest BCUT2D eigenvalue weighted by atomic mass is 31.2. The van der Waals surface area contributed by atoms with Crippen LogP contribution in [0.15, 0.2) is 194 Å². The average molecular weight is 1150 g/mol. The van der Waals surface area contributed by atoms with E-state index in [1.165, 1.54) is 0 Å². The molecule has 10 heteroatoms. The first-order valence-electron chi connectivity index (χ1n) is 31.2. The minimum atomic E-state index is -4.42. The summed E-state index contributed by atoms with van der Waals surface area (Å²) in [7, 11) is 1.41. The highest BCUT2D eigenvalue weighted by Gasteiger charge is 2.27. The third kappa shape index (κ3) is 64.0. The number of carbonyl (C=O) groups is 2. The van der Waals surface area contributed by atoms with Crippen molar-refractivity contribution in [3.05, 3.63) is 194 Å². The molecule has 9 nitrogen and oxygen atoms in total. The van der Waals surface area contributed by atoms with Gasteiger partial charge in [0.2, 0.25) is 0 Å². The predicted molar refractivity (Wildman–Crippen MR) is 352 cm³/mol. The van der Waals surface area contributed by atoms with Gasteiger partial charge in [-0.05, 0) is 141 Å². The molecule has 0 aliphatic heterocycles. The maximum Gasteiger partial charge on any atom is 0.472 e. The van der Waals surface area contributed by atoms with E-state index < -0.39 is 32.5 Å². The number of esters is 2. The van der Waals surface area contributed by atoms with Crippen molar-refractivity contribution < 1.29 is 42.1 Å². The van der Waals surface area contributed by atoms with E-state index in [2.05, 4.69) is 208 Å². The second-order valence-corrected chi connectivity index (χ2v) is 22.4. The lowest BCUT2D eigenvalue weighted by Crippen LogP contribution is -2.37. The number of phosphoric acid groups is 1. The van der Waals surface area contributed by atoms with Crippen LogP contribution in [-0.4, -0.2) is 74.9 Å². The van der Waals surface area contributed by atoms with Crippen molar-refractivity contribution in [3.63, 3.8) is 0 Å². The van der Waals surface area contributed by atoms with E-state index in [0.29, 0.717) is 23.9 Å². The van der Waals surface area contributed by atoms with E-state index in [1.807, 2.05) is 21.1 Å². The summed E-state index contributed by atoms with van der Waals surface area (Å²) in [6, 6.07) is 0. The minimum Gasteiger partial charge on any atom is -0.462 e. The fraction of sp³-hybridized carbons (Fsp3) is 0.528. The standard InChI is InChI=1S/C72H112NO8P/c1-6-8-10-12-14-16-18-20-22-24-26-28-30-32-34-35-36-37-39-41-43-45-47-49-51-53-55-57-59-61-63-65-72(75)81-70(69-80-82(76,77)79-67-66-73(3,4)5)68-78-71(74)64-62-60-58-56-54-52-50-48-46-44-42-40-38-33-31-29-27-25-23-21-19-17-15-13-11-9-7-2/h8-11,14-17,20-23,26-29,32-34,36-38,41-44,47-50,54,56,70H,6-7,12-13,18-19,24-25,30-31,35,39-40,45-46,51-53,55,57-69H2,1-5H3/p+1/b10-8-,11-9-,16-14-,17-15-,22-20-,23-21-,28-26-,29-27-,34-32-,37-36-,38-33-,43-41-,44-42-,49-47-,50-48-,56-54-. The maximum absolute atomic E-state index is 12.8. The van der Waals surface area contributed by atoms with Crippen molar-refractivity contribution in [2.75, 3.05) is 47.5 Å². The molecule has 0 fully saturated rings. The molecule has 0 aromatic rings. The molecule has 0 bridgehead atoms. The van der Waals surface area contributed by atoms with Crippen molar-refractivity contribution in [2.24, 2.45) is 0 Å². The largest absolute Gasteiger partial charge is 0.472 e. The molecule has 0 heterocycles. The van der Waals surface area contributed by atoms with Crippen LogP contribution in [-0.2, 0) is 32.7 Å². The Morgan fingerprint density at radius 3 is 1.00 bits per heavy atom. The molecule has 458 valence electrons. The quantitative estimate of drug-likeness (QED) is 0.0211. The molecule has 82 heavy (non-hydrogen) atoms. The molecular weight excluding hydrogens is 1040 g/mol. The summed E-state index contributed by atoms with van der Waals surface area (Å²) in [4.78, 5) is 35.8. The first-order valence-corrected chi connectivity index (χ1v) is 32.7. The van der Waals surface area contributed by atoms with Crippen LogP contribution in [0.3, 0.4) is 0 Å². The predicted octanol–water partition coefficient (Wildman–Crippen LogP) is 20.1. The molecule has 1 N–H and O–H groups in total. The van der Waals surface area contributed by atoms with Gasteiger partial charge in [-0.3, -0.25) is 18.6 Å². The van der Waals surface area contributed by atoms with E-state index in [1.54, 1.807) is 0 Å². The first kappa shape index (κ1) is 76.9. The Hall–Kier alpha value is -5.15. The van der Waals surface area contributed by atoms with Crippen LogP contribution >= 0.6 is 7.82 Å². The molecule has 0 radical (unpaired) electrons. The zero-order valence-corrected chi connectivity index (χ0v) is 52.8. The Morgan fingerprint density at radius 1 is 0.378 bits per heavy atom. The van der Waals surface area contributed by atoms with Crippen LogP contribution in [0.1, 0.15) is 194 Å². The lowest BCUT2D eigenvalue weighted by molar-refractivity contribution is -0.870. The molecular formula is C72H113NO8P+. The van der Waals surface area contributed by atoms with Gasteiger partial charge in [-0.25, -0.2) is 4.57 Å². The van der Waals surface area contributed by atoms with Crippen LogP contribution in [0.25, 0.3) is 0 Å². The number of unbranched alkanes of at least 4 members (excludes halogenated alkanes) is 8. The Kier molecular flexibility index (Phi) is 56.6. The molecule has 0 aliphatic rings. The molecule has 0 amide bonds. The summed E-state index contributed by atoms with van der Waals surface area (Å²) in [5.74, 6) is -0.885. The summed E-state index contributed by atoms with van der Waals surface area (Å²) < 4.78 is 34.5. The number of rotatable bonds is 54. The second kappa shape index (κ2) is 60.4. The molecule has 0 aromatic carbocycles. The van der Waals surface area contributed by atoms with Crippen molar-refractivity contribution >= 4 is 19.8 Å². The van der Waals surface area contributed by atoms with Crippen molar-refractivity contribution in [1.29, 1.82) is 0 Å². The summed E-state index contributed by atoms with van der Waals surface area (Å²) in [5, 5.41) is 0. The number of ether oxygens (including phenoxy) is 2.